The number of aromatic hydroxyl groups is 2. The van der Waals surface area contributed by atoms with Gasteiger partial charge >= 0.3 is 18.1 Å². The van der Waals surface area contributed by atoms with Crippen LogP contribution in [0.3, 0.4) is 0 Å². The van der Waals surface area contributed by atoms with E-state index in [4.69, 9.17) is 9.47 Å². The van der Waals surface area contributed by atoms with Crippen LogP contribution in [0.4, 0.5) is 22.0 Å². The molecule has 45 heavy (non-hydrogen) atoms. The third-order valence-electron chi connectivity index (χ3n) is 8.74. The third kappa shape index (κ3) is 9.56. The summed E-state index contributed by atoms with van der Waals surface area (Å²) in [5.74, 6) is -7.06. The van der Waals surface area contributed by atoms with Crippen molar-refractivity contribution in [1.29, 1.82) is 0 Å². The first kappa shape index (κ1) is 36.1. The predicted molar refractivity (Wildman–Crippen MR) is 159 cm³/mol. The predicted octanol–water partition coefficient (Wildman–Crippen LogP) is 8.77. The van der Waals surface area contributed by atoms with E-state index in [0.29, 0.717) is 25.2 Å². The van der Waals surface area contributed by atoms with Gasteiger partial charge in [0, 0.05) is 30.2 Å². The lowest BCUT2D eigenvalue weighted by molar-refractivity contribution is -0.284. The number of rotatable bonds is 17. The van der Waals surface area contributed by atoms with Gasteiger partial charge in [-0.3, -0.25) is 9.59 Å². The number of carbonyl (C=O) groups excluding carboxylic acids is 2. The van der Waals surface area contributed by atoms with Gasteiger partial charge in [-0.05, 0) is 49.1 Å². The molecular weight excluding hydrogens is 599 g/mol. The summed E-state index contributed by atoms with van der Waals surface area (Å²) < 4.78 is 74.9. The number of benzene rings is 2. The molecule has 1 aliphatic heterocycles. The van der Waals surface area contributed by atoms with Gasteiger partial charge in [0.25, 0.3) is 0 Å². The number of phenolic OH excluding ortho intramolecular Hbond substituents is 2. The zero-order chi connectivity index (χ0) is 33.3. The first-order valence-electron chi connectivity index (χ1n) is 15.6. The SMILES string of the molecule is CCOC(=O)C(CCCCCCCCCC1c2ccc(O)cc2OCC1(C)c1ccc(O)cc1)C(=O)CCC(F)(F)C(F)(F)F. The fourth-order valence-electron chi connectivity index (χ4n) is 6.04. The van der Waals surface area contributed by atoms with Crippen molar-refractivity contribution >= 4 is 11.8 Å². The summed E-state index contributed by atoms with van der Waals surface area (Å²) in [5.41, 5.74) is 1.74. The number of carbonyl (C=O) groups is 2. The molecule has 0 spiro atoms. The number of alkyl halides is 5. The monoisotopic (exact) mass is 642 g/mol. The number of ketones is 1. The van der Waals surface area contributed by atoms with Gasteiger partial charge < -0.3 is 19.7 Å². The summed E-state index contributed by atoms with van der Waals surface area (Å²) in [5, 5.41) is 19.8. The minimum absolute atomic E-state index is 0.0304. The molecule has 0 amide bonds. The standard InChI is InChI=1S/C34H43F5O6/c1-3-44-31(43)27(29(42)19-20-33(35,36)34(37,38)39)11-9-7-5-4-6-8-10-12-28-26-18-17-25(41)21-30(26)45-22-32(28,2)23-13-15-24(40)16-14-23/h13-18,21,27-28,40-41H,3-12,19-20,22H2,1-2H3. The third-order valence-corrected chi connectivity index (χ3v) is 8.74. The number of Topliss-reactive ketones (excluding diaryl/α,β-unsaturated/α-hetero) is 1. The highest BCUT2D eigenvalue weighted by Crippen LogP contribution is 2.50. The molecule has 0 fully saturated rings. The van der Waals surface area contributed by atoms with Crippen LogP contribution < -0.4 is 4.74 Å². The molecule has 6 nitrogen and oxygen atoms in total. The summed E-state index contributed by atoms with van der Waals surface area (Å²) in [6, 6.07) is 12.4. The number of phenols is 2. The number of esters is 1. The highest BCUT2D eigenvalue weighted by molar-refractivity contribution is 5.99. The molecule has 0 radical (unpaired) electrons. The van der Waals surface area contributed by atoms with Gasteiger partial charge in [0.05, 0.1) is 13.2 Å². The quantitative estimate of drug-likeness (QED) is 0.0776. The van der Waals surface area contributed by atoms with E-state index in [-0.39, 0.29) is 35.9 Å². The number of unbranched alkanes of at least 4 members (excludes halogenated alkanes) is 6. The Morgan fingerprint density at radius 1 is 0.933 bits per heavy atom. The van der Waals surface area contributed by atoms with Crippen molar-refractivity contribution in [1.82, 2.24) is 0 Å². The van der Waals surface area contributed by atoms with E-state index in [2.05, 4.69) is 6.92 Å². The molecule has 1 heterocycles. The molecule has 2 aromatic carbocycles. The molecule has 0 saturated carbocycles. The number of hydrogen-bond donors (Lipinski definition) is 2. The highest BCUT2D eigenvalue weighted by atomic mass is 19.4. The smallest absolute Gasteiger partial charge is 0.453 e. The summed E-state index contributed by atoms with van der Waals surface area (Å²) in [7, 11) is 0. The number of hydrogen-bond acceptors (Lipinski definition) is 6. The van der Waals surface area contributed by atoms with Crippen LogP contribution in [0.5, 0.6) is 17.2 Å². The van der Waals surface area contributed by atoms with Gasteiger partial charge in [0.2, 0.25) is 0 Å². The summed E-state index contributed by atoms with van der Waals surface area (Å²) in [4.78, 5) is 24.6. The summed E-state index contributed by atoms with van der Waals surface area (Å²) in [6.45, 7) is 4.07. The van der Waals surface area contributed by atoms with E-state index in [9.17, 15) is 41.8 Å². The largest absolute Gasteiger partial charge is 0.508 e. The number of fused-ring (bicyclic) bond motifs is 1. The molecule has 3 rings (SSSR count). The van der Waals surface area contributed by atoms with Crippen molar-refractivity contribution in [2.75, 3.05) is 13.2 Å². The fourth-order valence-corrected chi connectivity index (χ4v) is 6.04. The lowest BCUT2D eigenvalue weighted by Crippen LogP contribution is -2.40. The molecule has 11 heteroatoms. The Hall–Kier alpha value is -3.37. The maximum atomic E-state index is 13.3. The van der Waals surface area contributed by atoms with Crippen molar-refractivity contribution in [3.63, 3.8) is 0 Å². The average molecular weight is 643 g/mol. The van der Waals surface area contributed by atoms with E-state index in [1.165, 1.54) is 6.92 Å². The fraction of sp³-hybridized carbons (Fsp3) is 0.588. The summed E-state index contributed by atoms with van der Waals surface area (Å²) in [6.07, 6.45) is -1.86. The van der Waals surface area contributed by atoms with Gasteiger partial charge in [0.1, 0.15) is 28.9 Å². The maximum Gasteiger partial charge on any atom is 0.453 e. The zero-order valence-electron chi connectivity index (χ0n) is 25.8. The molecule has 0 aromatic heterocycles. The van der Waals surface area contributed by atoms with Crippen LogP contribution in [0.15, 0.2) is 42.5 Å². The van der Waals surface area contributed by atoms with Crippen LogP contribution in [0, 0.1) is 5.92 Å². The second-order valence-electron chi connectivity index (χ2n) is 12.1. The van der Waals surface area contributed by atoms with Crippen molar-refractivity contribution < 1.29 is 51.2 Å². The van der Waals surface area contributed by atoms with Crippen LogP contribution in [-0.4, -0.2) is 47.3 Å². The Balaban J connectivity index is 1.46. The minimum atomic E-state index is -5.75. The Bertz CT molecular complexity index is 1260. The molecule has 3 unspecified atom stereocenters. The summed E-state index contributed by atoms with van der Waals surface area (Å²) >= 11 is 0. The normalized spacial score (nSPS) is 19.0. The first-order valence-corrected chi connectivity index (χ1v) is 15.6. The van der Waals surface area contributed by atoms with E-state index >= 15 is 0 Å². The lowest BCUT2D eigenvalue weighted by Gasteiger charge is -2.43. The molecule has 250 valence electrons. The molecule has 2 aromatic rings. The molecule has 0 aliphatic carbocycles. The van der Waals surface area contributed by atoms with Gasteiger partial charge in [0.15, 0.2) is 0 Å². The van der Waals surface area contributed by atoms with E-state index in [0.717, 1.165) is 49.7 Å². The van der Waals surface area contributed by atoms with Gasteiger partial charge in [-0.1, -0.05) is 70.1 Å². The van der Waals surface area contributed by atoms with Crippen LogP contribution in [0.2, 0.25) is 0 Å². The van der Waals surface area contributed by atoms with Crippen LogP contribution >= 0.6 is 0 Å². The average Bonchev–Trinajstić information content (AvgIpc) is 2.97. The number of halogens is 5. The van der Waals surface area contributed by atoms with E-state index in [1.54, 1.807) is 24.3 Å². The van der Waals surface area contributed by atoms with Crippen molar-refractivity contribution in [3.05, 3.63) is 53.6 Å². The van der Waals surface area contributed by atoms with E-state index in [1.807, 2.05) is 18.2 Å². The Kier molecular flexibility index (Phi) is 12.6. The van der Waals surface area contributed by atoms with Gasteiger partial charge in [-0.25, -0.2) is 0 Å². The molecule has 3 atom stereocenters. The van der Waals surface area contributed by atoms with Crippen LogP contribution in [0.25, 0.3) is 0 Å². The zero-order valence-corrected chi connectivity index (χ0v) is 25.8. The minimum Gasteiger partial charge on any atom is -0.508 e. The molecule has 2 N–H and O–H groups in total. The molecule has 0 bridgehead atoms. The van der Waals surface area contributed by atoms with E-state index < -0.39 is 42.6 Å². The van der Waals surface area contributed by atoms with Crippen LogP contribution in [-0.2, 0) is 19.7 Å². The molecule has 1 aliphatic rings. The second kappa shape index (κ2) is 15.8. The lowest BCUT2D eigenvalue weighted by atomic mass is 9.66. The highest BCUT2D eigenvalue weighted by Gasteiger charge is 2.57. The maximum absolute atomic E-state index is 13.3. The van der Waals surface area contributed by atoms with Crippen molar-refractivity contribution in [3.8, 4) is 17.2 Å². The topological polar surface area (TPSA) is 93.1 Å². The van der Waals surface area contributed by atoms with Crippen LogP contribution in [0.1, 0.15) is 102 Å². The first-order chi connectivity index (χ1) is 21.2. The Morgan fingerprint density at radius 3 is 2.16 bits per heavy atom. The van der Waals surface area contributed by atoms with Crippen molar-refractivity contribution in [2.24, 2.45) is 5.92 Å². The van der Waals surface area contributed by atoms with Crippen molar-refractivity contribution in [2.45, 2.75) is 108 Å². The van der Waals surface area contributed by atoms with Gasteiger partial charge in [-0.15, -0.1) is 0 Å². The second-order valence-corrected chi connectivity index (χ2v) is 12.1. The Labute approximate surface area is 260 Å². The molecule has 0 saturated heterocycles. The number of ether oxygens (including phenoxy) is 2. The molecular formula is C34H43F5O6. The van der Waals surface area contributed by atoms with Gasteiger partial charge in [-0.2, -0.15) is 22.0 Å². The Morgan fingerprint density at radius 2 is 1.53 bits per heavy atom.